The lowest BCUT2D eigenvalue weighted by Crippen LogP contribution is -2.04. The molecule has 0 fully saturated rings. The Morgan fingerprint density at radius 3 is 3.06 bits per heavy atom. The molecule has 0 aliphatic carbocycles. The van der Waals surface area contributed by atoms with Crippen molar-refractivity contribution in [1.29, 1.82) is 0 Å². The second-order valence-electron chi connectivity index (χ2n) is 3.46. The normalized spacial score (nSPS) is 10.7. The van der Waals surface area contributed by atoms with Crippen LogP contribution in [0.1, 0.15) is 29.3 Å². The predicted octanol–water partition coefficient (Wildman–Crippen LogP) is 2.60. The summed E-state index contributed by atoms with van der Waals surface area (Å²) in [6.45, 7) is 2.94. The Hall–Kier alpha value is -1.29. The fraction of sp³-hybridized carbons (Fsp3) is 0.385. The lowest BCUT2D eigenvalue weighted by atomic mass is 10.1. The smallest absolute Gasteiger partial charge is 0.338 e. The van der Waals surface area contributed by atoms with E-state index in [0.717, 1.165) is 24.3 Å². The highest BCUT2D eigenvalue weighted by molar-refractivity contribution is 7.80. The molecule has 0 aliphatic heterocycles. The lowest BCUT2D eigenvalue weighted by Gasteiger charge is -2.02. The van der Waals surface area contributed by atoms with Crippen molar-refractivity contribution < 1.29 is 9.53 Å². The maximum Gasteiger partial charge on any atom is 0.338 e. The molecule has 0 N–H and O–H groups in total. The lowest BCUT2D eigenvalue weighted by molar-refractivity contribution is 0.0526. The number of hydrogen-bond acceptors (Lipinski definition) is 4. The van der Waals surface area contributed by atoms with Crippen LogP contribution in [-0.2, 0) is 4.74 Å². The number of aliphatic imine (C=N–C) groups is 1. The number of esters is 1. The van der Waals surface area contributed by atoms with Gasteiger partial charge in [-0.15, -0.1) is 0 Å². The SMILES string of the molecule is CCOC(=O)c1cccc(C=NCCCS)c1. The molecule has 0 saturated heterocycles. The Labute approximate surface area is 107 Å². The molecular weight excluding hydrogens is 234 g/mol. The number of ether oxygens (including phenoxy) is 1. The molecule has 92 valence electrons. The summed E-state index contributed by atoms with van der Waals surface area (Å²) in [6.07, 6.45) is 2.73. The summed E-state index contributed by atoms with van der Waals surface area (Å²) < 4.78 is 4.93. The van der Waals surface area contributed by atoms with Crippen LogP contribution in [0.5, 0.6) is 0 Å². The van der Waals surface area contributed by atoms with Gasteiger partial charge in [-0.05, 0) is 36.8 Å². The van der Waals surface area contributed by atoms with Crippen molar-refractivity contribution in [2.45, 2.75) is 13.3 Å². The third-order valence-corrected chi connectivity index (χ3v) is 2.40. The molecule has 1 aromatic carbocycles. The highest BCUT2D eigenvalue weighted by atomic mass is 32.1. The van der Waals surface area contributed by atoms with Gasteiger partial charge in [-0.25, -0.2) is 4.79 Å². The van der Waals surface area contributed by atoms with Gasteiger partial charge in [0.25, 0.3) is 0 Å². The summed E-state index contributed by atoms with van der Waals surface area (Å²) in [4.78, 5) is 15.7. The largest absolute Gasteiger partial charge is 0.462 e. The fourth-order valence-electron chi connectivity index (χ4n) is 1.29. The molecule has 0 atom stereocenters. The maximum atomic E-state index is 11.5. The van der Waals surface area contributed by atoms with Crippen molar-refractivity contribution in [3.05, 3.63) is 35.4 Å². The number of nitrogens with zero attached hydrogens (tertiary/aromatic N) is 1. The highest BCUT2D eigenvalue weighted by Gasteiger charge is 2.05. The van der Waals surface area contributed by atoms with Crippen molar-refractivity contribution in [3.63, 3.8) is 0 Å². The van der Waals surface area contributed by atoms with Gasteiger partial charge in [0.15, 0.2) is 0 Å². The van der Waals surface area contributed by atoms with Crippen LogP contribution in [0.25, 0.3) is 0 Å². The van der Waals surface area contributed by atoms with E-state index in [0.29, 0.717) is 12.2 Å². The monoisotopic (exact) mass is 251 g/mol. The molecule has 0 radical (unpaired) electrons. The van der Waals surface area contributed by atoms with E-state index in [1.54, 1.807) is 25.3 Å². The minimum Gasteiger partial charge on any atom is -0.462 e. The van der Waals surface area contributed by atoms with Crippen LogP contribution in [0.4, 0.5) is 0 Å². The summed E-state index contributed by atoms with van der Waals surface area (Å²) >= 11 is 4.11. The van der Waals surface area contributed by atoms with Gasteiger partial charge in [-0.2, -0.15) is 12.6 Å². The molecule has 0 amide bonds. The zero-order valence-electron chi connectivity index (χ0n) is 9.93. The molecule has 1 rings (SSSR count). The number of carbonyl (C=O) groups is 1. The van der Waals surface area contributed by atoms with E-state index in [4.69, 9.17) is 4.74 Å². The van der Waals surface area contributed by atoms with Gasteiger partial charge >= 0.3 is 5.97 Å². The van der Waals surface area contributed by atoms with E-state index in [1.807, 2.05) is 12.1 Å². The summed E-state index contributed by atoms with van der Waals surface area (Å²) in [5.74, 6) is 0.540. The summed E-state index contributed by atoms with van der Waals surface area (Å²) in [5.41, 5.74) is 1.47. The molecule has 0 bridgehead atoms. The Balaban J connectivity index is 2.65. The Bertz CT molecular complexity index is 391. The first-order chi connectivity index (χ1) is 8.27. The van der Waals surface area contributed by atoms with Crippen molar-refractivity contribution in [3.8, 4) is 0 Å². The minimum atomic E-state index is -0.293. The third kappa shape index (κ3) is 5.04. The van der Waals surface area contributed by atoms with Crippen molar-refractivity contribution in [2.24, 2.45) is 4.99 Å². The van der Waals surface area contributed by atoms with Gasteiger partial charge in [0.1, 0.15) is 0 Å². The first-order valence-corrected chi connectivity index (χ1v) is 6.29. The topological polar surface area (TPSA) is 38.7 Å². The van der Waals surface area contributed by atoms with E-state index >= 15 is 0 Å². The number of thiol groups is 1. The van der Waals surface area contributed by atoms with Crippen molar-refractivity contribution >= 4 is 24.8 Å². The average Bonchev–Trinajstić information content (AvgIpc) is 2.35. The van der Waals surface area contributed by atoms with Crippen LogP contribution in [0.2, 0.25) is 0 Å². The van der Waals surface area contributed by atoms with Crippen LogP contribution in [0.15, 0.2) is 29.3 Å². The molecule has 17 heavy (non-hydrogen) atoms. The Morgan fingerprint density at radius 2 is 2.35 bits per heavy atom. The molecular formula is C13H17NO2S. The second-order valence-corrected chi connectivity index (χ2v) is 3.91. The fourth-order valence-corrected chi connectivity index (χ4v) is 1.43. The second kappa shape index (κ2) is 7.90. The van der Waals surface area contributed by atoms with Crippen molar-refractivity contribution in [1.82, 2.24) is 0 Å². The van der Waals surface area contributed by atoms with E-state index in [-0.39, 0.29) is 5.97 Å². The van der Waals surface area contributed by atoms with Gasteiger partial charge in [0, 0.05) is 12.8 Å². The number of hydrogen-bond donors (Lipinski definition) is 1. The highest BCUT2D eigenvalue weighted by Crippen LogP contribution is 2.05. The van der Waals surface area contributed by atoms with E-state index in [2.05, 4.69) is 17.6 Å². The zero-order chi connectivity index (χ0) is 12.5. The van der Waals surface area contributed by atoms with Crippen LogP contribution < -0.4 is 0 Å². The van der Waals surface area contributed by atoms with Crippen LogP contribution >= 0.6 is 12.6 Å². The average molecular weight is 251 g/mol. The van der Waals surface area contributed by atoms with E-state index < -0.39 is 0 Å². The molecule has 0 unspecified atom stereocenters. The summed E-state index contributed by atoms with van der Waals surface area (Å²) in [7, 11) is 0. The molecule has 0 saturated carbocycles. The Morgan fingerprint density at radius 1 is 1.53 bits per heavy atom. The quantitative estimate of drug-likeness (QED) is 0.365. The van der Waals surface area contributed by atoms with Gasteiger partial charge in [-0.1, -0.05) is 12.1 Å². The predicted molar refractivity (Wildman–Crippen MR) is 73.3 cm³/mol. The maximum absolute atomic E-state index is 11.5. The van der Waals surface area contributed by atoms with Gasteiger partial charge in [0.05, 0.1) is 12.2 Å². The number of carbonyl (C=O) groups excluding carboxylic acids is 1. The minimum absolute atomic E-state index is 0.293. The van der Waals surface area contributed by atoms with Crippen LogP contribution in [0, 0.1) is 0 Å². The third-order valence-electron chi connectivity index (χ3n) is 2.08. The zero-order valence-corrected chi connectivity index (χ0v) is 10.8. The molecule has 3 nitrogen and oxygen atoms in total. The standard InChI is InChI=1S/C13H17NO2S/c1-2-16-13(15)12-6-3-5-11(9-12)10-14-7-4-8-17/h3,5-6,9-10,17H,2,4,7-8H2,1H3. The van der Waals surface area contributed by atoms with Gasteiger partial charge in [-0.3, -0.25) is 4.99 Å². The van der Waals surface area contributed by atoms with Gasteiger partial charge < -0.3 is 4.74 Å². The molecule has 0 spiro atoms. The first-order valence-electron chi connectivity index (χ1n) is 5.65. The molecule has 0 aliphatic rings. The number of benzene rings is 1. The summed E-state index contributed by atoms with van der Waals surface area (Å²) in [6, 6.07) is 7.25. The van der Waals surface area contributed by atoms with Gasteiger partial charge in [0.2, 0.25) is 0 Å². The van der Waals surface area contributed by atoms with Crippen molar-refractivity contribution in [2.75, 3.05) is 18.9 Å². The van der Waals surface area contributed by atoms with Crippen LogP contribution in [0.3, 0.4) is 0 Å². The first kappa shape index (κ1) is 13.8. The van der Waals surface area contributed by atoms with E-state index in [9.17, 15) is 4.79 Å². The molecule has 1 aromatic rings. The molecule has 0 aromatic heterocycles. The summed E-state index contributed by atoms with van der Waals surface area (Å²) in [5, 5.41) is 0. The number of rotatable bonds is 6. The molecule has 4 heteroatoms. The Kier molecular flexibility index (Phi) is 6.40. The van der Waals surface area contributed by atoms with Crippen LogP contribution in [-0.4, -0.2) is 31.1 Å². The molecule has 0 heterocycles. The van der Waals surface area contributed by atoms with E-state index in [1.165, 1.54) is 0 Å².